The molecule has 3 nitrogen and oxygen atoms in total. The second kappa shape index (κ2) is 4.40. The maximum atomic E-state index is 4.05. The minimum absolute atomic E-state index is 0.312. The molecule has 3 heteroatoms. The SMILES string of the molecule is CCC(C)(C)CNc1ccc(C)nn1. The van der Waals surface area contributed by atoms with Crippen LogP contribution in [0.4, 0.5) is 5.82 Å². The summed E-state index contributed by atoms with van der Waals surface area (Å²) in [7, 11) is 0. The van der Waals surface area contributed by atoms with Crippen molar-refractivity contribution in [2.75, 3.05) is 11.9 Å². The zero-order valence-electron chi connectivity index (χ0n) is 9.46. The van der Waals surface area contributed by atoms with Crippen LogP contribution in [0.15, 0.2) is 12.1 Å². The molecule has 78 valence electrons. The van der Waals surface area contributed by atoms with Gasteiger partial charge in [0.1, 0.15) is 5.82 Å². The van der Waals surface area contributed by atoms with Crippen LogP contribution in [-0.4, -0.2) is 16.7 Å². The summed E-state index contributed by atoms with van der Waals surface area (Å²) < 4.78 is 0. The Balaban J connectivity index is 2.50. The smallest absolute Gasteiger partial charge is 0.148 e. The minimum atomic E-state index is 0.312. The van der Waals surface area contributed by atoms with Gasteiger partial charge in [0.05, 0.1) is 5.69 Å². The van der Waals surface area contributed by atoms with Crippen LogP contribution in [0.1, 0.15) is 32.9 Å². The first-order valence-electron chi connectivity index (χ1n) is 5.08. The Kier molecular flexibility index (Phi) is 3.44. The van der Waals surface area contributed by atoms with Gasteiger partial charge >= 0.3 is 0 Å². The van der Waals surface area contributed by atoms with Crippen molar-refractivity contribution < 1.29 is 0 Å². The Morgan fingerprint density at radius 1 is 1.29 bits per heavy atom. The number of rotatable bonds is 4. The standard InChI is InChI=1S/C11H19N3/c1-5-11(3,4)8-12-10-7-6-9(2)13-14-10/h6-7H,5,8H2,1-4H3,(H,12,14). The van der Waals surface area contributed by atoms with Gasteiger partial charge in [0.25, 0.3) is 0 Å². The van der Waals surface area contributed by atoms with Crippen LogP contribution in [0.3, 0.4) is 0 Å². The number of aryl methyl sites for hydroxylation is 1. The Bertz CT molecular complexity index is 277. The predicted octanol–water partition coefficient (Wildman–Crippen LogP) is 2.63. The highest BCUT2D eigenvalue weighted by Crippen LogP contribution is 2.19. The molecule has 0 fully saturated rings. The summed E-state index contributed by atoms with van der Waals surface area (Å²) in [6.45, 7) is 9.54. The minimum Gasteiger partial charge on any atom is -0.368 e. The van der Waals surface area contributed by atoms with E-state index in [1.165, 1.54) is 0 Å². The number of hydrogen-bond acceptors (Lipinski definition) is 3. The van der Waals surface area contributed by atoms with E-state index in [-0.39, 0.29) is 0 Å². The molecule has 0 aliphatic rings. The van der Waals surface area contributed by atoms with E-state index < -0.39 is 0 Å². The first-order chi connectivity index (χ1) is 6.53. The highest BCUT2D eigenvalue weighted by Gasteiger charge is 2.14. The molecule has 0 bridgehead atoms. The van der Waals surface area contributed by atoms with Crippen molar-refractivity contribution in [2.45, 2.75) is 34.1 Å². The molecule has 0 spiro atoms. The van der Waals surface area contributed by atoms with Gasteiger partial charge in [-0.05, 0) is 30.9 Å². The van der Waals surface area contributed by atoms with E-state index in [4.69, 9.17) is 0 Å². The lowest BCUT2D eigenvalue weighted by Crippen LogP contribution is -2.22. The average Bonchev–Trinajstić information content (AvgIpc) is 2.17. The van der Waals surface area contributed by atoms with Crippen LogP contribution in [0.5, 0.6) is 0 Å². The van der Waals surface area contributed by atoms with Gasteiger partial charge in [-0.1, -0.05) is 20.8 Å². The van der Waals surface area contributed by atoms with Crippen molar-refractivity contribution in [3.05, 3.63) is 17.8 Å². The van der Waals surface area contributed by atoms with E-state index >= 15 is 0 Å². The van der Waals surface area contributed by atoms with E-state index in [0.717, 1.165) is 24.5 Å². The summed E-state index contributed by atoms with van der Waals surface area (Å²) in [6, 6.07) is 3.93. The van der Waals surface area contributed by atoms with Crippen molar-refractivity contribution >= 4 is 5.82 Å². The van der Waals surface area contributed by atoms with Crippen LogP contribution in [-0.2, 0) is 0 Å². The maximum Gasteiger partial charge on any atom is 0.148 e. The zero-order chi connectivity index (χ0) is 10.6. The first kappa shape index (κ1) is 11.0. The Labute approximate surface area is 85.9 Å². The van der Waals surface area contributed by atoms with E-state index in [1.54, 1.807) is 0 Å². The fourth-order valence-corrected chi connectivity index (χ4v) is 0.948. The number of hydrogen-bond donors (Lipinski definition) is 1. The summed E-state index contributed by atoms with van der Waals surface area (Å²) in [4.78, 5) is 0. The molecule has 1 N–H and O–H groups in total. The zero-order valence-corrected chi connectivity index (χ0v) is 9.46. The summed E-state index contributed by atoms with van der Waals surface area (Å²) >= 11 is 0. The highest BCUT2D eigenvalue weighted by atomic mass is 15.2. The van der Waals surface area contributed by atoms with Gasteiger partial charge in [0.15, 0.2) is 0 Å². The summed E-state index contributed by atoms with van der Waals surface area (Å²) in [5, 5.41) is 11.3. The van der Waals surface area contributed by atoms with Crippen LogP contribution >= 0.6 is 0 Å². The molecule has 1 heterocycles. The topological polar surface area (TPSA) is 37.8 Å². The Hall–Kier alpha value is -1.12. The average molecular weight is 193 g/mol. The first-order valence-corrected chi connectivity index (χ1v) is 5.08. The Morgan fingerprint density at radius 3 is 2.50 bits per heavy atom. The van der Waals surface area contributed by atoms with Crippen molar-refractivity contribution in [3.8, 4) is 0 Å². The molecule has 0 aromatic carbocycles. The van der Waals surface area contributed by atoms with Crippen molar-refractivity contribution in [2.24, 2.45) is 5.41 Å². The summed E-state index contributed by atoms with van der Waals surface area (Å²) in [5.41, 5.74) is 1.26. The highest BCUT2D eigenvalue weighted by molar-refractivity contribution is 5.32. The van der Waals surface area contributed by atoms with Gasteiger partial charge < -0.3 is 5.32 Å². The molecular formula is C11H19N3. The lowest BCUT2D eigenvalue weighted by Gasteiger charge is -2.22. The van der Waals surface area contributed by atoms with Gasteiger partial charge in [-0.3, -0.25) is 0 Å². The normalized spacial score (nSPS) is 11.4. The summed E-state index contributed by atoms with van der Waals surface area (Å²) in [6.07, 6.45) is 1.15. The van der Waals surface area contributed by atoms with Crippen molar-refractivity contribution in [1.82, 2.24) is 10.2 Å². The van der Waals surface area contributed by atoms with Crippen LogP contribution < -0.4 is 5.32 Å². The van der Waals surface area contributed by atoms with Gasteiger partial charge in [-0.25, -0.2) is 0 Å². The fraction of sp³-hybridized carbons (Fsp3) is 0.636. The second-order valence-corrected chi connectivity index (χ2v) is 4.43. The molecule has 0 atom stereocenters. The van der Waals surface area contributed by atoms with Gasteiger partial charge in [-0.15, -0.1) is 5.10 Å². The van der Waals surface area contributed by atoms with Crippen molar-refractivity contribution in [3.63, 3.8) is 0 Å². The molecule has 14 heavy (non-hydrogen) atoms. The number of aromatic nitrogens is 2. The molecular weight excluding hydrogens is 174 g/mol. The molecule has 0 saturated carbocycles. The fourth-order valence-electron chi connectivity index (χ4n) is 0.948. The molecule has 0 unspecified atom stereocenters. The van der Waals surface area contributed by atoms with E-state index in [1.807, 2.05) is 19.1 Å². The van der Waals surface area contributed by atoms with E-state index in [2.05, 4.69) is 36.3 Å². The molecule has 0 radical (unpaired) electrons. The van der Waals surface area contributed by atoms with E-state index in [0.29, 0.717) is 5.41 Å². The van der Waals surface area contributed by atoms with Crippen molar-refractivity contribution in [1.29, 1.82) is 0 Å². The third kappa shape index (κ3) is 3.32. The third-order valence-electron chi connectivity index (χ3n) is 2.50. The molecule has 1 rings (SSSR count). The molecule has 1 aromatic heterocycles. The quantitative estimate of drug-likeness (QED) is 0.798. The monoisotopic (exact) mass is 193 g/mol. The molecule has 0 saturated heterocycles. The lowest BCUT2D eigenvalue weighted by molar-refractivity contribution is 0.376. The number of nitrogens with zero attached hydrogens (tertiary/aromatic N) is 2. The number of anilines is 1. The largest absolute Gasteiger partial charge is 0.368 e. The molecule has 0 aliphatic heterocycles. The van der Waals surface area contributed by atoms with Crippen LogP contribution in [0.25, 0.3) is 0 Å². The molecule has 0 aliphatic carbocycles. The number of nitrogens with one attached hydrogen (secondary N) is 1. The van der Waals surface area contributed by atoms with Gasteiger partial charge in [-0.2, -0.15) is 5.10 Å². The van der Waals surface area contributed by atoms with Crippen LogP contribution in [0, 0.1) is 12.3 Å². The molecule has 1 aromatic rings. The van der Waals surface area contributed by atoms with Gasteiger partial charge in [0.2, 0.25) is 0 Å². The third-order valence-corrected chi connectivity index (χ3v) is 2.50. The predicted molar refractivity (Wildman–Crippen MR) is 59.3 cm³/mol. The second-order valence-electron chi connectivity index (χ2n) is 4.43. The lowest BCUT2D eigenvalue weighted by atomic mass is 9.90. The van der Waals surface area contributed by atoms with E-state index in [9.17, 15) is 0 Å². The summed E-state index contributed by atoms with van der Waals surface area (Å²) in [5.74, 6) is 0.858. The Morgan fingerprint density at radius 2 is 2.00 bits per heavy atom. The maximum absolute atomic E-state index is 4.05. The van der Waals surface area contributed by atoms with Gasteiger partial charge in [0, 0.05) is 6.54 Å². The molecule has 0 amide bonds. The van der Waals surface area contributed by atoms with Crippen LogP contribution in [0.2, 0.25) is 0 Å².